The second-order valence-corrected chi connectivity index (χ2v) is 5.51. The summed E-state index contributed by atoms with van der Waals surface area (Å²) in [6.07, 6.45) is 0. The van der Waals surface area contributed by atoms with E-state index in [-0.39, 0.29) is 11.9 Å². The summed E-state index contributed by atoms with van der Waals surface area (Å²) < 4.78 is 0. The molecule has 3 N–H and O–H groups in total. The van der Waals surface area contributed by atoms with E-state index in [1.54, 1.807) is 30.3 Å². The van der Waals surface area contributed by atoms with Crippen LogP contribution in [0.25, 0.3) is 0 Å². The van der Waals surface area contributed by atoms with Gasteiger partial charge in [-0.15, -0.1) is 0 Å². The van der Waals surface area contributed by atoms with E-state index >= 15 is 0 Å². The highest BCUT2D eigenvalue weighted by molar-refractivity contribution is 7.80. The van der Waals surface area contributed by atoms with Gasteiger partial charge in [0.25, 0.3) is 5.91 Å². The Morgan fingerprint density at radius 1 is 1.14 bits per heavy atom. The fraction of sp³-hybridized carbons (Fsp3) is 0.125. The first kappa shape index (κ1) is 15.5. The number of benzene rings is 2. The number of hydrogen-bond acceptors (Lipinski definition) is 2. The fourth-order valence-electron chi connectivity index (χ4n) is 1.97. The molecule has 0 bridgehead atoms. The summed E-state index contributed by atoms with van der Waals surface area (Å²) in [4.78, 5) is 12.5. The third kappa shape index (κ3) is 3.80. The molecule has 0 aliphatic rings. The van der Waals surface area contributed by atoms with E-state index in [0.29, 0.717) is 15.6 Å². The Hall–Kier alpha value is -1.91. The number of nitrogens with one attached hydrogen (secondary N) is 1. The van der Waals surface area contributed by atoms with Crippen LogP contribution in [0.15, 0.2) is 48.5 Å². The highest BCUT2D eigenvalue weighted by Crippen LogP contribution is 2.22. The van der Waals surface area contributed by atoms with Gasteiger partial charge in [0, 0.05) is 16.1 Å². The van der Waals surface area contributed by atoms with Gasteiger partial charge in [-0.25, -0.2) is 0 Å². The molecule has 0 saturated carbocycles. The molecule has 0 aliphatic heterocycles. The SMILES string of the molecule is CC(NC(=O)c1ccc(C(N)=S)cc1)c1ccccc1Cl. The first-order valence-corrected chi connectivity index (χ1v) is 7.23. The summed E-state index contributed by atoms with van der Waals surface area (Å²) in [7, 11) is 0. The summed E-state index contributed by atoms with van der Waals surface area (Å²) in [6, 6.07) is 14.1. The van der Waals surface area contributed by atoms with E-state index in [9.17, 15) is 4.79 Å². The van der Waals surface area contributed by atoms with Gasteiger partial charge in [-0.1, -0.05) is 54.2 Å². The number of carbonyl (C=O) groups excluding carboxylic acids is 1. The van der Waals surface area contributed by atoms with E-state index in [0.717, 1.165) is 11.1 Å². The number of carbonyl (C=O) groups is 1. The quantitative estimate of drug-likeness (QED) is 0.849. The normalized spacial score (nSPS) is 11.7. The van der Waals surface area contributed by atoms with Crippen LogP contribution in [0.5, 0.6) is 0 Å². The molecule has 108 valence electrons. The predicted octanol–water partition coefficient (Wildman–Crippen LogP) is 3.47. The van der Waals surface area contributed by atoms with Crippen LogP contribution >= 0.6 is 23.8 Å². The first-order chi connectivity index (χ1) is 9.99. The summed E-state index contributed by atoms with van der Waals surface area (Å²) in [6.45, 7) is 1.89. The molecule has 0 heterocycles. The number of amides is 1. The zero-order valence-electron chi connectivity index (χ0n) is 11.5. The van der Waals surface area contributed by atoms with Crippen LogP contribution in [0.1, 0.15) is 34.5 Å². The van der Waals surface area contributed by atoms with E-state index in [4.69, 9.17) is 29.6 Å². The van der Waals surface area contributed by atoms with Gasteiger partial charge < -0.3 is 11.1 Å². The second kappa shape index (κ2) is 6.70. The van der Waals surface area contributed by atoms with E-state index in [1.165, 1.54) is 0 Å². The molecular formula is C16H15ClN2OS. The van der Waals surface area contributed by atoms with Crippen molar-refractivity contribution < 1.29 is 4.79 Å². The molecular weight excluding hydrogens is 304 g/mol. The topological polar surface area (TPSA) is 55.1 Å². The number of hydrogen-bond donors (Lipinski definition) is 2. The minimum atomic E-state index is -0.179. The highest BCUT2D eigenvalue weighted by atomic mass is 35.5. The van der Waals surface area contributed by atoms with Crippen molar-refractivity contribution in [2.75, 3.05) is 0 Å². The van der Waals surface area contributed by atoms with E-state index < -0.39 is 0 Å². The maximum absolute atomic E-state index is 12.2. The Morgan fingerprint density at radius 3 is 2.29 bits per heavy atom. The Morgan fingerprint density at radius 2 is 1.71 bits per heavy atom. The fourth-order valence-corrected chi connectivity index (χ4v) is 2.41. The van der Waals surface area contributed by atoms with Gasteiger partial charge >= 0.3 is 0 Å². The van der Waals surface area contributed by atoms with Crippen LogP contribution in [0, 0.1) is 0 Å². The lowest BCUT2D eigenvalue weighted by Gasteiger charge is -2.15. The Balaban J connectivity index is 2.11. The minimum absolute atomic E-state index is 0.170. The molecule has 0 aliphatic carbocycles. The minimum Gasteiger partial charge on any atom is -0.389 e. The Bertz CT molecular complexity index is 670. The van der Waals surface area contributed by atoms with Crippen LogP contribution in [0.3, 0.4) is 0 Å². The first-order valence-electron chi connectivity index (χ1n) is 6.44. The average molecular weight is 319 g/mol. The van der Waals surface area contributed by atoms with Gasteiger partial charge in [-0.05, 0) is 30.7 Å². The highest BCUT2D eigenvalue weighted by Gasteiger charge is 2.13. The van der Waals surface area contributed by atoms with Gasteiger partial charge in [0.05, 0.1) is 6.04 Å². The average Bonchev–Trinajstić information content (AvgIpc) is 2.47. The summed E-state index contributed by atoms with van der Waals surface area (Å²) in [5.41, 5.74) is 7.70. The molecule has 1 unspecified atom stereocenters. The van der Waals surface area contributed by atoms with Gasteiger partial charge in [-0.2, -0.15) is 0 Å². The van der Waals surface area contributed by atoms with Crippen molar-refractivity contribution in [2.45, 2.75) is 13.0 Å². The molecule has 5 heteroatoms. The number of halogens is 1. The molecule has 1 amide bonds. The third-order valence-electron chi connectivity index (χ3n) is 3.15. The second-order valence-electron chi connectivity index (χ2n) is 4.66. The van der Waals surface area contributed by atoms with Crippen molar-refractivity contribution in [3.8, 4) is 0 Å². The van der Waals surface area contributed by atoms with Crippen LogP contribution in [0.4, 0.5) is 0 Å². The molecule has 0 aromatic heterocycles. The molecule has 21 heavy (non-hydrogen) atoms. The lowest BCUT2D eigenvalue weighted by molar-refractivity contribution is 0.0940. The molecule has 0 spiro atoms. The van der Waals surface area contributed by atoms with E-state index in [2.05, 4.69) is 5.32 Å². The van der Waals surface area contributed by atoms with Crippen LogP contribution in [0.2, 0.25) is 5.02 Å². The van der Waals surface area contributed by atoms with Crippen LogP contribution < -0.4 is 11.1 Å². The molecule has 0 saturated heterocycles. The van der Waals surface area contributed by atoms with Gasteiger partial charge in [-0.3, -0.25) is 4.79 Å². The predicted molar refractivity (Wildman–Crippen MR) is 89.7 cm³/mol. The smallest absolute Gasteiger partial charge is 0.251 e. The van der Waals surface area contributed by atoms with E-state index in [1.807, 2.05) is 25.1 Å². The van der Waals surface area contributed by atoms with Crippen molar-refractivity contribution >= 4 is 34.7 Å². The Kier molecular flexibility index (Phi) is 4.94. The molecule has 0 radical (unpaired) electrons. The monoisotopic (exact) mass is 318 g/mol. The van der Waals surface area contributed by atoms with Crippen molar-refractivity contribution in [3.05, 3.63) is 70.2 Å². The van der Waals surface area contributed by atoms with Crippen LogP contribution in [-0.2, 0) is 0 Å². The molecule has 3 nitrogen and oxygen atoms in total. The largest absolute Gasteiger partial charge is 0.389 e. The number of thiocarbonyl (C=S) groups is 1. The number of rotatable bonds is 4. The van der Waals surface area contributed by atoms with Crippen molar-refractivity contribution in [1.82, 2.24) is 5.32 Å². The molecule has 0 fully saturated rings. The summed E-state index contributed by atoms with van der Waals surface area (Å²) >= 11 is 11.0. The molecule has 2 rings (SSSR count). The Labute approximate surface area is 134 Å². The van der Waals surface area contributed by atoms with Gasteiger partial charge in [0.1, 0.15) is 4.99 Å². The summed E-state index contributed by atoms with van der Waals surface area (Å²) in [5, 5.41) is 3.55. The molecule has 2 aromatic rings. The lowest BCUT2D eigenvalue weighted by Crippen LogP contribution is -2.26. The molecule has 1 atom stereocenters. The van der Waals surface area contributed by atoms with Crippen molar-refractivity contribution in [2.24, 2.45) is 5.73 Å². The van der Waals surface area contributed by atoms with Gasteiger partial charge in [0.2, 0.25) is 0 Å². The zero-order valence-corrected chi connectivity index (χ0v) is 13.0. The third-order valence-corrected chi connectivity index (χ3v) is 3.73. The van der Waals surface area contributed by atoms with Crippen molar-refractivity contribution in [3.63, 3.8) is 0 Å². The maximum Gasteiger partial charge on any atom is 0.251 e. The standard InChI is InChI=1S/C16H15ClN2OS/c1-10(13-4-2-3-5-14(13)17)19-16(20)12-8-6-11(7-9-12)15(18)21/h2-10H,1H3,(H2,18,21)(H,19,20). The lowest BCUT2D eigenvalue weighted by atomic mass is 10.1. The van der Waals surface area contributed by atoms with Gasteiger partial charge in [0.15, 0.2) is 0 Å². The van der Waals surface area contributed by atoms with Crippen LogP contribution in [-0.4, -0.2) is 10.9 Å². The summed E-state index contributed by atoms with van der Waals surface area (Å²) in [5.74, 6) is -0.170. The maximum atomic E-state index is 12.2. The van der Waals surface area contributed by atoms with Crippen molar-refractivity contribution in [1.29, 1.82) is 0 Å². The number of nitrogens with two attached hydrogens (primary N) is 1. The molecule has 2 aromatic carbocycles. The zero-order chi connectivity index (χ0) is 15.4.